The van der Waals surface area contributed by atoms with Gasteiger partial charge in [0.25, 0.3) is 5.91 Å². The number of aliphatic hydroxyl groups is 1. The number of aryl methyl sites for hydroxylation is 3. The molecule has 2 aromatic rings. The predicted octanol–water partition coefficient (Wildman–Crippen LogP) is 4.16. The summed E-state index contributed by atoms with van der Waals surface area (Å²) in [7, 11) is 0. The third kappa shape index (κ3) is 4.62. The van der Waals surface area contributed by atoms with E-state index in [1.54, 1.807) is 5.51 Å². The third-order valence-corrected chi connectivity index (χ3v) is 6.57. The molecule has 0 radical (unpaired) electrons. The van der Waals surface area contributed by atoms with Crippen molar-refractivity contribution in [2.45, 2.75) is 45.6 Å². The van der Waals surface area contributed by atoms with Crippen LogP contribution in [0.25, 0.3) is 0 Å². The molecule has 1 aromatic heterocycles. The summed E-state index contributed by atoms with van der Waals surface area (Å²) in [6.07, 6.45) is 1.83. The van der Waals surface area contributed by atoms with Crippen molar-refractivity contribution >= 4 is 28.8 Å². The van der Waals surface area contributed by atoms with Crippen molar-refractivity contribution in [1.29, 1.82) is 0 Å². The number of amides is 1. The van der Waals surface area contributed by atoms with Crippen LogP contribution in [0.1, 0.15) is 45.8 Å². The van der Waals surface area contributed by atoms with E-state index >= 15 is 0 Å². The minimum Gasteiger partial charge on any atom is -0.491 e. The highest BCUT2D eigenvalue weighted by Gasteiger charge is 2.33. The fourth-order valence-corrected chi connectivity index (χ4v) is 4.26. The number of hydrogen-bond donors (Lipinski definition) is 1. The Labute approximate surface area is 168 Å². The van der Waals surface area contributed by atoms with E-state index in [1.165, 1.54) is 11.3 Å². The average Bonchev–Trinajstić information content (AvgIpc) is 2.96. The molecule has 0 bridgehead atoms. The molecule has 1 N–H and O–H groups in total. The van der Waals surface area contributed by atoms with Crippen LogP contribution in [-0.4, -0.2) is 46.2 Å². The number of halogens is 1. The Morgan fingerprint density at radius 3 is 2.63 bits per heavy atom. The lowest BCUT2D eigenvalue weighted by atomic mass is 9.96. The third-order valence-electron chi connectivity index (χ3n) is 5.06. The van der Waals surface area contributed by atoms with Crippen molar-refractivity contribution in [2.24, 2.45) is 0 Å². The number of nitrogens with zero attached hydrogens (tertiary/aromatic N) is 2. The van der Waals surface area contributed by atoms with Crippen LogP contribution in [0.4, 0.5) is 0 Å². The number of ether oxygens (including phenoxy) is 1. The molecule has 3 rings (SSSR count). The van der Waals surface area contributed by atoms with Gasteiger partial charge in [0.15, 0.2) is 0 Å². The van der Waals surface area contributed by atoms with Crippen molar-refractivity contribution in [2.75, 3.05) is 19.7 Å². The summed E-state index contributed by atoms with van der Waals surface area (Å²) in [6, 6.07) is 3.77. The summed E-state index contributed by atoms with van der Waals surface area (Å²) in [6.45, 7) is 7.07. The SMILES string of the molecule is Cc1cc(OCC2(O)CCCN(C(=O)c3scnc3C)CC2)cc(C)c1Cl. The Bertz CT molecular complexity index is 815. The molecule has 1 atom stereocenters. The van der Waals surface area contributed by atoms with Crippen molar-refractivity contribution in [1.82, 2.24) is 9.88 Å². The normalized spacial score (nSPS) is 20.4. The smallest absolute Gasteiger partial charge is 0.265 e. The molecule has 5 nitrogen and oxygen atoms in total. The quantitative estimate of drug-likeness (QED) is 0.825. The van der Waals surface area contributed by atoms with Gasteiger partial charge < -0.3 is 14.7 Å². The van der Waals surface area contributed by atoms with Gasteiger partial charge in [-0.3, -0.25) is 4.79 Å². The van der Waals surface area contributed by atoms with Crippen molar-refractivity contribution in [3.8, 4) is 5.75 Å². The number of carbonyl (C=O) groups is 1. The number of likely N-dealkylation sites (tertiary alicyclic amines) is 1. The van der Waals surface area contributed by atoms with Crippen LogP contribution < -0.4 is 4.74 Å². The molecular formula is C20H25ClN2O3S. The highest BCUT2D eigenvalue weighted by atomic mass is 35.5. The Hall–Kier alpha value is -1.63. The highest BCUT2D eigenvalue weighted by molar-refractivity contribution is 7.11. The van der Waals surface area contributed by atoms with Crippen LogP contribution in [-0.2, 0) is 0 Å². The molecule has 1 aliphatic rings. The lowest BCUT2D eigenvalue weighted by Gasteiger charge is -2.27. The number of hydrogen-bond acceptors (Lipinski definition) is 5. The topological polar surface area (TPSA) is 62.7 Å². The van der Waals surface area contributed by atoms with E-state index < -0.39 is 5.60 Å². The summed E-state index contributed by atoms with van der Waals surface area (Å²) >= 11 is 7.57. The molecule has 1 fully saturated rings. The first-order valence-electron chi connectivity index (χ1n) is 9.10. The van der Waals surface area contributed by atoms with Crippen LogP contribution in [0.2, 0.25) is 5.02 Å². The van der Waals surface area contributed by atoms with Gasteiger partial charge in [0, 0.05) is 18.1 Å². The van der Waals surface area contributed by atoms with Gasteiger partial charge in [-0.05, 0) is 63.3 Å². The first-order valence-corrected chi connectivity index (χ1v) is 10.4. The minimum absolute atomic E-state index is 0.00381. The maximum atomic E-state index is 12.7. The molecule has 2 heterocycles. The zero-order valence-electron chi connectivity index (χ0n) is 15.9. The monoisotopic (exact) mass is 408 g/mol. The number of rotatable bonds is 4. The second-order valence-corrected chi connectivity index (χ2v) is 8.53. The van der Waals surface area contributed by atoms with Crippen LogP contribution in [0.3, 0.4) is 0 Å². The Kier molecular flexibility index (Phi) is 6.08. The Morgan fingerprint density at radius 1 is 1.30 bits per heavy atom. The van der Waals surface area contributed by atoms with Crippen LogP contribution >= 0.6 is 22.9 Å². The van der Waals surface area contributed by atoms with Gasteiger partial charge in [0.2, 0.25) is 0 Å². The van der Waals surface area contributed by atoms with E-state index in [9.17, 15) is 9.90 Å². The largest absolute Gasteiger partial charge is 0.491 e. The van der Waals surface area contributed by atoms with E-state index in [-0.39, 0.29) is 12.5 Å². The van der Waals surface area contributed by atoms with E-state index in [1.807, 2.05) is 37.8 Å². The van der Waals surface area contributed by atoms with E-state index in [2.05, 4.69) is 4.98 Å². The first-order chi connectivity index (χ1) is 12.8. The van der Waals surface area contributed by atoms with Gasteiger partial charge in [-0.15, -0.1) is 11.3 Å². The lowest BCUT2D eigenvalue weighted by molar-refractivity contribution is -0.0163. The molecule has 1 saturated heterocycles. The van der Waals surface area contributed by atoms with E-state index in [0.717, 1.165) is 28.3 Å². The maximum absolute atomic E-state index is 12.7. The fourth-order valence-electron chi connectivity index (χ4n) is 3.38. The molecule has 1 unspecified atom stereocenters. The molecule has 0 spiro atoms. The highest BCUT2D eigenvalue weighted by Crippen LogP contribution is 2.29. The summed E-state index contributed by atoms with van der Waals surface area (Å²) in [4.78, 5) is 19.4. The maximum Gasteiger partial charge on any atom is 0.265 e. The summed E-state index contributed by atoms with van der Waals surface area (Å²) in [5, 5.41) is 11.7. The molecule has 7 heteroatoms. The zero-order chi connectivity index (χ0) is 19.6. The van der Waals surface area contributed by atoms with Crippen molar-refractivity contribution in [3.63, 3.8) is 0 Å². The van der Waals surface area contributed by atoms with Crippen molar-refractivity contribution < 1.29 is 14.6 Å². The second-order valence-electron chi connectivity index (χ2n) is 7.30. The number of thiazole rings is 1. The van der Waals surface area contributed by atoms with Crippen LogP contribution in [0, 0.1) is 20.8 Å². The second kappa shape index (κ2) is 8.17. The molecular weight excluding hydrogens is 384 g/mol. The standard InChI is InChI=1S/C20H25ClN2O3S/c1-13-9-16(10-14(2)17(13)21)26-11-20(25)5-4-7-23(8-6-20)19(24)18-15(3)22-12-27-18/h9-10,12,25H,4-8,11H2,1-3H3. The van der Waals surface area contributed by atoms with Crippen LogP contribution in [0.5, 0.6) is 5.75 Å². The number of aromatic nitrogens is 1. The molecule has 0 saturated carbocycles. The zero-order valence-corrected chi connectivity index (χ0v) is 17.5. The molecule has 1 amide bonds. The van der Waals surface area contributed by atoms with Gasteiger partial charge in [-0.25, -0.2) is 4.98 Å². The predicted molar refractivity (Wildman–Crippen MR) is 108 cm³/mol. The van der Waals surface area contributed by atoms with E-state index in [0.29, 0.717) is 36.6 Å². The average molecular weight is 409 g/mol. The summed E-state index contributed by atoms with van der Waals surface area (Å²) in [5.41, 5.74) is 3.42. The summed E-state index contributed by atoms with van der Waals surface area (Å²) < 4.78 is 5.89. The Balaban J connectivity index is 1.62. The Morgan fingerprint density at radius 2 is 2.00 bits per heavy atom. The molecule has 146 valence electrons. The molecule has 0 aliphatic carbocycles. The van der Waals surface area contributed by atoms with Gasteiger partial charge in [-0.1, -0.05) is 11.6 Å². The van der Waals surface area contributed by atoms with Crippen molar-refractivity contribution in [3.05, 3.63) is 44.4 Å². The first kappa shape index (κ1) is 20.1. The fraction of sp³-hybridized carbons (Fsp3) is 0.500. The van der Waals surface area contributed by atoms with Gasteiger partial charge in [0.1, 0.15) is 22.8 Å². The number of carbonyl (C=O) groups excluding carboxylic acids is 1. The molecule has 1 aromatic carbocycles. The minimum atomic E-state index is -0.945. The molecule has 1 aliphatic heterocycles. The number of benzene rings is 1. The molecule has 27 heavy (non-hydrogen) atoms. The lowest BCUT2D eigenvalue weighted by Crippen LogP contribution is -2.38. The van der Waals surface area contributed by atoms with Crippen LogP contribution in [0.15, 0.2) is 17.6 Å². The summed E-state index contributed by atoms with van der Waals surface area (Å²) in [5.74, 6) is 0.712. The van der Waals surface area contributed by atoms with Gasteiger partial charge in [-0.2, -0.15) is 0 Å². The van der Waals surface area contributed by atoms with Gasteiger partial charge in [0.05, 0.1) is 11.2 Å². The van der Waals surface area contributed by atoms with Gasteiger partial charge >= 0.3 is 0 Å². The van der Waals surface area contributed by atoms with E-state index in [4.69, 9.17) is 16.3 Å².